The van der Waals surface area contributed by atoms with Crippen LogP contribution in [0.15, 0.2) is 97.2 Å². The molecular formula is C27H26N2O2. The summed E-state index contributed by atoms with van der Waals surface area (Å²) in [6.07, 6.45) is 1.91. The lowest BCUT2D eigenvalue weighted by Gasteiger charge is -2.26. The van der Waals surface area contributed by atoms with Crippen LogP contribution >= 0.6 is 0 Å². The lowest BCUT2D eigenvalue weighted by molar-refractivity contribution is -0.138. The SMILES string of the molecule is C[C@@H](Oc1cccc2cccnc12)C(=O)N(CCc1ccccc1)Cc1ccccc1. The largest absolute Gasteiger partial charge is 0.479 e. The second-order valence-electron chi connectivity index (χ2n) is 7.57. The summed E-state index contributed by atoms with van der Waals surface area (Å²) in [7, 11) is 0. The van der Waals surface area contributed by atoms with E-state index in [9.17, 15) is 4.79 Å². The Labute approximate surface area is 183 Å². The molecule has 1 heterocycles. The van der Waals surface area contributed by atoms with Crippen molar-refractivity contribution in [2.75, 3.05) is 6.54 Å². The molecule has 1 aromatic heterocycles. The van der Waals surface area contributed by atoms with Gasteiger partial charge in [0.05, 0.1) is 0 Å². The number of pyridine rings is 1. The number of carbonyl (C=O) groups excluding carboxylic acids is 1. The predicted molar refractivity (Wildman–Crippen MR) is 124 cm³/mol. The van der Waals surface area contributed by atoms with Crippen LogP contribution in [-0.2, 0) is 17.8 Å². The van der Waals surface area contributed by atoms with E-state index in [4.69, 9.17) is 4.74 Å². The van der Waals surface area contributed by atoms with Crippen molar-refractivity contribution in [1.82, 2.24) is 9.88 Å². The molecule has 0 aliphatic rings. The maximum absolute atomic E-state index is 13.4. The van der Waals surface area contributed by atoms with E-state index in [1.165, 1.54) is 5.56 Å². The average molecular weight is 411 g/mol. The van der Waals surface area contributed by atoms with Crippen molar-refractivity contribution in [3.63, 3.8) is 0 Å². The minimum atomic E-state index is -0.618. The normalized spacial score (nSPS) is 11.8. The van der Waals surface area contributed by atoms with Crippen molar-refractivity contribution in [3.8, 4) is 5.75 Å². The molecule has 156 valence electrons. The maximum atomic E-state index is 13.4. The third-order valence-electron chi connectivity index (χ3n) is 5.29. The van der Waals surface area contributed by atoms with Crippen molar-refractivity contribution in [2.45, 2.75) is 26.0 Å². The number of aromatic nitrogens is 1. The first-order valence-corrected chi connectivity index (χ1v) is 10.6. The van der Waals surface area contributed by atoms with Crippen LogP contribution in [0.4, 0.5) is 0 Å². The lowest BCUT2D eigenvalue weighted by Crippen LogP contribution is -2.41. The molecular weight excluding hydrogens is 384 g/mol. The molecule has 0 bridgehead atoms. The van der Waals surface area contributed by atoms with Gasteiger partial charge in [0.15, 0.2) is 6.10 Å². The van der Waals surface area contributed by atoms with Gasteiger partial charge >= 0.3 is 0 Å². The molecule has 0 saturated carbocycles. The highest BCUT2D eigenvalue weighted by atomic mass is 16.5. The smallest absolute Gasteiger partial charge is 0.263 e. The standard InChI is InChI=1S/C27H26N2O2/c1-21(31-25-16-8-14-24-15-9-18-28-26(24)25)27(30)29(20-23-12-6-3-7-13-23)19-17-22-10-4-2-5-11-22/h2-16,18,21H,17,19-20H2,1H3/t21-/m1/s1. The highest BCUT2D eigenvalue weighted by Gasteiger charge is 2.23. The van der Waals surface area contributed by atoms with E-state index in [1.807, 2.05) is 90.7 Å². The van der Waals surface area contributed by atoms with E-state index in [2.05, 4.69) is 17.1 Å². The minimum absolute atomic E-state index is 0.0345. The summed E-state index contributed by atoms with van der Waals surface area (Å²) < 4.78 is 6.11. The van der Waals surface area contributed by atoms with Crippen molar-refractivity contribution in [3.05, 3.63) is 108 Å². The highest BCUT2D eigenvalue weighted by molar-refractivity contribution is 5.85. The van der Waals surface area contributed by atoms with Gasteiger partial charge in [-0.15, -0.1) is 0 Å². The Kier molecular flexibility index (Phi) is 6.58. The van der Waals surface area contributed by atoms with Gasteiger partial charge in [0.2, 0.25) is 0 Å². The molecule has 0 aliphatic heterocycles. The molecule has 0 radical (unpaired) electrons. The zero-order valence-electron chi connectivity index (χ0n) is 17.6. The van der Waals surface area contributed by atoms with Gasteiger partial charge in [-0.3, -0.25) is 9.78 Å². The molecule has 0 aliphatic carbocycles. The van der Waals surface area contributed by atoms with Gasteiger partial charge in [-0.1, -0.05) is 78.9 Å². The number of amides is 1. The van der Waals surface area contributed by atoms with E-state index in [-0.39, 0.29) is 5.91 Å². The third-order valence-corrected chi connectivity index (χ3v) is 5.29. The van der Waals surface area contributed by atoms with Crippen LogP contribution in [0.2, 0.25) is 0 Å². The zero-order valence-corrected chi connectivity index (χ0v) is 17.6. The fourth-order valence-corrected chi connectivity index (χ4v) is 3.65. The number of para-hydroxylation sites is 1. The molecule has 4 heteroatoms. The van der Waals surface area contributed by atoms with Crippen LogP contribution < -0.4 is 4.74 Å². The van der Waals surface area contributed by atoms with E-state index < -0.39 is 6.10 Å². The van der Waals surface area contributed by atoms with Crippen molar-refractivity contribution in [1.29, 1.82) is 0 Å². The van der Waals surface area contributed by atoms with Crippen LogP contribution in [0.25, 0.3) is 10.9 Å². The predicted octanol–water partition coefficient (Wildman–Crippen LogP) is 5.27. The number of nitrogens with zero attached hydrogens (tertiary/aromatic N) is 2. The summed E-state index contributed by atoms with van der Waals surface area (Å²) in [5.41, 5.74) is 3.08. The molecule has 1 atom stereocenters. The number of ether oxygens (including phenoxy) is 1. The maximum Gasteiger partial charge on any atom is 0.263 e. The number of rotatable bonds is 8. The van der Waals surface area contributed by atoms with Crippen molar-refractivity contribution < 1.29 is 9.53 Å². The topological polar surface area (TPSA) is 42.4 Å². The lowest BCUT2D eigenvalue weighted by atomic mass is 10.1. The van der Waals surface area contributed by atoms with Crippen LogP contribution in [0.3, 0.4) is 0 Å². The second kappa shape index (κ2) is 9.90. The molecule has 0 fully saturated rings. The van der Waals surface area contributed by atoms with E-state index in [1.54, 1.807) is 6.20 Å². The van der Waals surface area contributed by atoms with E-state index >= 15 is 0 Å². The summed E-state index contributed by atoms with van der Waals surface area (Å²) in [6, 6.07) is 30.0. The van der Waals surface area contributed by atoms with Gasteiger partial charge in [0.1, 0.15) is 11.3 Å². The Morgan fingerprint density at radius 1 is 0.871 bits per heavy atom. The quantitative estimate of drug-likeness (QED) is 0.397. The molecule has 0 unspecified atom stereocenters. The molecule has 31 heavy (non-hydrogen) atoms. The van der Waals surface area contributed by atoms with Crippen LogP contribution in [0, 0.1) is 0 Å². The molecule has 3 aromatic carbocycles. The summed E-state index contributed by atoms with van der Waals surface area (Å²) >= 11 is 0. The van der Waals surface area contributed by atoms with Crippen LogP contribution in [0.1, 0.15) is 18.1 Å². The monoisotopic (exact) mass is 410 g/mol. The summed E-state index contributed by atoms with van der Waals surface area (Å²) in [5.74, 6) is 0.592. The summed E-state index contributed by atoms with van der Waals surface area (Å²) in [4.78, 5) is 19.7. The summed E-state index contributed by atoms with van der Waals surface area (Å²) in [6.45, 7) is 2.98. The Morgan fingerprint density at radius 2 is 1.55 bits per heavy atom. The van der Waals surface area contributed by atoms with Gasteiger partial charge in [-0.25, -0.2) is 0 Å². The average Bonchev–Trinajstić information content (AvgIpc) is 2.83. The van der Waals surface area contributed by atoms with Crippen molar-refractivity contribution >= 4 is 16.8 Å². The third kappa shape index (κ3) is 5.28. The molecule has 4 aromatic rings. The molecule has 0 spiro atoms. The fraction of sp³-hybridized carbons (Fsp3) is 0.185. The highest BCUT2D eigenvalue weighted by Crippen LogP contribution is 2.24. The number of hydrogen-bond donors (Lipinski definition) is 0. The second-order valence-corrected chi connectivity index (χ2v) is 7.57. The molecule has 4 nitrogen and oxygen atoms in total. The van der Waals surface area contributed by atoms with Crippen molar-refractivity contribution in [2.24, 2.45) is 0 Å². The van der Waals surface area contributed by atoms with Gasteiger partial charge in [0.25, 0.3) is 5.91 Å². The number of fused-ring (bicyclic) bond motifs is 1. The Morgan fingerprint density at radius 3 is 2.29 bits per heavy atom. The zero-order chi connectivity index (χ0) is 21.5. The van der Waals surface area contributed by atoms with Crippen LogP contribution in [0.5, 0.6) is 5.75 Å². The molecule has 0 saturated heterocycles. The number of carbonyl (C=O) groups is 1. The molecule has 0 N–H and O–H groups in total. The molecule has 1 amide bonds. The first-order chi connectivity index (χ1) is 15.2. The summed E-state index contributed by atoms with van der Waals surface area (Å²) in [5, 5.41) is 0.991. The first-order valence-electron chi connectivity index (χ1n) is 10.6. The Balaban J connectivity index is 1.52. The van der Waals surface area contributed by atoms with Gasteiger partial charge < -0.3 is 9.64 Å². The van der Waals surface area contributed by atoms with E-state index in [0.717, 1.165) is 22.9 Å². The van der Waals surface area contributed by atoms with Crippen LogP contribution in [-0.4, -0.2) is 28.4 Å². The van der Waals surface area contributed by atoms with Gasteiger partial charge in [-0.05, 0) is 36.6 Å². The van der Waals surface area contributed by atoms with Gasteiger partial charge in [0, 0.05) is 24.7 Å². The minimum Gasteiger partial charge on any atom is -0.479 e. The number of benzene rings is 3. The van der Waals surface area contributed by atoms with Gasteiger partial charge in [-0.2, -0.15) is 0 Å². The number of hydrogen-bond acceptors (Lipinski definition) is 3. The first kappa shape index (κ1) is 20.6. The van der Waals surface area contributed by atoms with E-state index in [0.29, 0.717) is 18.8 Å². The molecule has 4 rings (SSSR count). The Bertz CT molecular complexity index is 1120. The fourth-order valence-electron chi connectivity index (χ4n) is 3.65. The Hall–Kier alpha value is -3.66.